The fourth-order valence-electron chi connectivity index (χ4n) is 5.75. The van der Waals surface area contributed by atoms with Gasteiger partial charge in [-0.1, -0.05) is 49.6 Å². The van der Waals surface area contributed by atoms with E-state index < -0.39 is 9.84 Å². The van der Waals surface area contributed by atoms with Gasteiger partial charge in [-0.25, -0.2) is 18.4 Å². The van der Waals surface area contributed by atoms with Crippen molar-refractivity contribution in [1.82, 2.24) is 4.98 Å². The molecule has 0 amide bonds. The molecule has 0 aliphatic heterocycles. The lowest BCUT2D eigenvalue weighted by molar-refractivity contribution is -0.116. The molecule has 6 nitrogen and oxygen atoms in total. The van der Waals surface area contributed by atoms with Gasteiger partial charge in [-0.3, -0.25) is 4.79 Å². The van der Waals surface area contributed by atoms with Crippen LogP contribution in [0, 0.1) is 37.0 Å². The minimum Gasteiger partial charge on any atom is -0.336 e. The molecule has 2 fully saturated rings. The molecule has 0 saturated heterocycles. The van der Waals surface area contributed by atoms with Gasteiger partial charge >= 0.3 is 0 Å². The molecule has 4 rings (SSSR count). The Morgan fingerprint density at radius 2 is 1.97 bits per heavy atom. The molecule has 2 saturated carbocycles. The number of aliphatic imine (C=N–C) groups is 1. The van der Waals surface area contributed by atoms with Crippen molar-refractivity contribution in [3.8, 4) is 0 Å². The van der Waals surface area contributed by atoms with Gasteiger partial charge in [0, 0.05) is 17.9 Å². The SMILES string of the molecule is CCS(=O)(=O)CC1=CCC2(CC(=CN=C(Nc3cc(C)c(Cl)nc3C)C(=O)C(C)CC(C)C3CC3)C2)C1. The number of aryl methyl sites for hydroxylation is 2. The summed E-state index contributed by atoms with van der Waals surface area (Å²) in [5.74, 6) is 1.87. The maximum Gasteiger partial charge on any atom is 0.200 e. The quantitative estimate of drug-likeness (QED) is 0.154. The number of carbonyl (C=O) groups is 1. The third-order valence-electron chi connectivity index (χ3n) is 8.28. The lowest BCUT2D eigenvalue weighted by Gasteiger charge is -2.41. The third kappa shape index (κ3) is 6.91. The summed E-state index contributed by atoms with van der Waals surface area (Å²) in [6, 6.07) is 1.91. The first-order chi connectivity index (χ1) is 17.4. The number of pyridine rings is 1. The standard InChI is InChI=1S/C29H40ClN3O3S/c1-6-37(35,36)17-22-9-10-29(13-22)14-23(15-29)16-31-28(26(34)19(3)11-18(2)24-7-8-24)33-25-12-20(4)27(30)32-21(25)5/h9,12,16,18-19,24H,6-8,10-11,13-15,17H2,1-5H3,(H,31,33). The summed E-state index contributed by atoms with van der Waals surface area (Å²) in [7, 11) is -3.00. The number of carbonyl (C=O) groups excluding carboxylic acids is 1. The van der Waals surface area contributed by atoms with Crippen molar-refractivity contribution in [3.63, 3.8) is 0 Å². The van der Waals surface area contributed by atoms with E-state index in [1.165, 1.54) is 18.4 Å². The van der Waals surface area contributed by atoms with E-state index >= 15 is 0 Å². The van der Waals surface area contributed by atoms with Crippen molar-refractivity contribution in [2.45, 2.75) is 79.6 Å². The van der Waals surface area contributed by atoms with E-state index in [0.717, 1.165) is 60.5 Å². The Labute approximate surface area is 227 Å². The molecule has 1 spiro atoms. The van der Waals surface area contributed by atoms with Gasteiger partial charge in [0.15, 0.2) is 15.7 Å². The number of ketones is 1. The van der Waals surface area contributed by atoms with E-state index in [4.69, 9.17) is 11.6 Å². The number of sulfone groups is 1. The summed E-state index contributed by atoms with van der Waals surface area (Å²) >= 11 is 6.19. The molecule has 8 heteroatoms. The zero-order chi connectivity index (χ0) is 27.0. The lowest BCUT2D eigenvalue weighted by atomic mass is 9.64. The monoisotopic (exact) mass is 545 g/mol. The number of Topliss-reactive ketones (excluding diaryl/α,β-unsaturated/α-hetero) is 1. The summed E-state index contributed by atoms with van der Waals surface area (Å²) in [6.45, 7) is 9.70. The van der Waals surface area contributed by atoms with E-state index in [1.807, 2.05) is 33.0 Å². The zero-order valence-corrected chi connectivity index (χ0v) is 24.3. The maximum atomic E-state index is 13.5. The van der Waals surface area contributed by atoms with Crippen LogP contribution in [0.15, 0.2) is 34.5 Å². The average Bonchev–Trinajstić information content (AvgIpc) is 3.59. The molecule has 37 heavy (non-hydrogen) atoms. The minimum atomic E-state index is -3.00. The molecule has 1 aromatic heterocycles. The van der Waals surface area contributed by atoms with Crippen LogP contribution in [-0.4, -0.2) is 36.5 Å². The predicted molar refractivity (Wildman–Crippen MR) is 152 cm³/mol. The van der Waals surface area contributed by atoms with Gasteiger partial charge in [0.25, 0.3) is 0 Å². The van der Waals surface area contributed by atoms with Crippen LogP contribution < -0.4 is 5.32 Å². The second-order valence-corrected chi connectivity index (χ2v) is 14.4. The molecule has 2 atom stereocenters. The second kappa shape index (κ2) is 11.0. The molecule has 1 heterocycles. The summed E-state index contributed by atoms with van der Waals surface area (Å²) < 4.78 is 24.1. The van der Waals surface area contributed by atoms with Crippen LogP contribution >= 0.6 is 11.6 Å². The van der Waals surface area contributed by atoms with Crippen molar-refractivity contribution in [2.24, 2.45) is 28.2 Å². The Morgan fingerprint density at radius 3 is 2.62 bits per heavy atom. The van der Waals surface area contributed by atoms with Gasteiger partial charge in [-0.15, -0.1) is 0 Å². The molecule has 0 radical (unpaired) electrons. The van der Waals surface area contributed by atoms with Gasteiger partial charge < -0.3 is 5.32 Å². The Balaban J connectivity index is 1.47. The third-order valence-corrected chi connectivity index (χ3v) is 10.4. The van der Waals surface area contributed by atoms with Gasteiger partial charge in [0.2, 0.25) is 5.78 Å². The highest BCUT2D eigenvalue weighted by Gasteiger charge is 2.43. The average molecular weight is 546 g/mol. The Morgan fingerprint density at radius 1 is 1.27 bits per heavy atom. The lowest BCUT2D eigenvalue weighted by Crippen LogP contribution is -2.31. The van der Waals surface area contributed by atoms with Crippen molar-refractivity contribution < 1.29 is 13.2 Å². The molecule has 3 aliphatic rings. The second-order valence-electron chi connectivity index (χ2n) is 11.7. The molecule has 1 aromatic rings. The van der Waals surface area contributed by atoms with Crippen LogP contribution in [0.25, 0.3) is 0 Å². The fraction of sp³-hybridized carbons (Fsp3) is 0.621. The molecule has 1 N–H and O–H groups in total. The van der Waals surface area contributed by atoms with Gasteiger partial charge in [-0.2, -0.15) is 0 Å². The van der Waals surface area contributed by atoms with E-state index in [2.05, 4.69) is 28.3 Å². The summed E-state index contributed by atoms with van der Waals surface area (Å²) in [5.41, 5.74) is 4.66. The fourth-order valence-corrected chi connectivity index (χ4v) is 6.92. The first-order valence-electron chi connectivity index (χ1n) is 13.5. The molecule has 202 valence electrons. The number of rotatable bonds is 10. The highest BCUT2D eigenvalue weighted by molar-refractivity contribution is 7.91. The van der Waals surface area contributed by atoms with Gasteiger partial charge in [-0.05, 0) is 87.7 Å². The van der Waals surface area contributed by atoms with E-state index in [9.17, 15) is 13.2 Å². The molecular weight excluding hydrogens is 506 g/mol. The number of halogens is 1. The highest BCUT2D eigenvalue weighted by atomic mass is 35.5. The van der Waals surface area contributed by atoms with Gasteiger partial charge in [0.1, 0.15) is 5.15 Å². The first kappa shape index (κ1) is 28.0. The van der Waals surface area contributed by atoms with Crippen LogP contribution in [0.2, 0.25) is 5.15 Å². The summed E-state index contributed by atoms with van der Waals surface area (Å²) in [6.07, 6.45) is 10.9. The van der Waals surface area contributed by atoms with Crippen LogP contribution in [-0.2, 0) is 14.6 Å². The number of anilines is 1. The first-order valence-corrected chi connectivity index (χ1v) is 15.7. The molecule has 0 bridgehead atoms. The zero-order valence-electron chi connectivity index (χ0n) is 22.7. The highest BCUT2D eigenvalue weighted by Crippen LogP contribution is 2.55. The van der Waals surface area contributed by atoms with Crippen LogP contribution in [0.1, 0.15) is 77.0 Å². The normalized spacial score (nSPS) is 23.5. The number of allylic oxidation sites excluding steroid dienone is 2. The number of hydrogen-bond acceptors (Lipinski definition) is 5. The van der Waals surface area contributed by atoms with Crippen LogP contribution in [0.3, 0.4) is 0 Å². The van der Waals surface area contributed by atoms with Crippen LogP contribution in [0.4, 0.5) is 5.69 Å². The largest absolute Gasteiger partial charge is 0.336 e. The van der Waals surface area contributed by atoms with Crippen LogP contribution in [0.5, 0.6) is 0 Å². The summed E-state index contributed by atoms with van der Waals surface area (Å²) in [5, 5.41) is 3.73. The number of nitrogens with one attached hydrogen (secondary N) is 1. The smallest absolute Gasteiger partial charge is 0.200 e. The van der Waals surface area contributed by atoms with E-state index in [0.29, 0.717) is 16.9 Å². The predicted octanol–water partition coefficient (Wildman–Crippen LogP) is 6.62. The molecule has 2 unspecified atom stereocenters. The Bertz CT molecular complexity index is 1250. The topological polar surface area (TPSA) is 88.5 Å². The van der Waals surface area contributed by atoms with Crippen molar-refractivity contribution in [3.05, 3.63) is 45.9 Å². The minimum absolute atomic E-state index is 0.0139. The molecular formula is C29H40ClN3O3S. The van der Waals surface area contributed by atoms with E-state index in [1.54, 1.807) is 6.92 Å². The molecule has 0 aromatic carbocycles. The maximum absolute atomic E-state index is 13.5. The Hall–Kier alpha value is -1.99. The number of nitrogens with zero attached hydrogens (tertiary/aromatic N) is 2. The van der Waals surface area contributed by atoms with Crippen molar-refractivity contribution in [1.29, 1.82) is 0 Å². The van der Waals surface area contributed by atoms with E-state index in [-0.39, 0.29) is 28.6 Å². The van der Waals surface area contributed by atoms with Crippen molar-refractivity contribution >= 4 is 38.7 Å². The number of hydrogen-bond donors (Lipinski definition) is 1. The number of amidine groups is 1. The van der Waals surface area contributed by atoms with Gasteiger partial charge in [0.05, 0.1) is 17.1 Å². The summed E-state index contributed by atoms with van der Waals surface area (Å²) in [4.78, 5) is 22.6. The Kier molecular flexibility index (Phi) is 8.34. The van der Waals surface area contributed by atoms with Crippen molar-refractivity contribution in [2.75, 3.05) is 16.8 Å². The molecule has 3 aliphatic carbocycles. The number of aromatic nitrogens is 1.